The van der Waals surface area contributed by atoms with Crippen LogP contribution < -0.4 is 5.73 Å². The molecule has 1 saturated carbocycles. The Balaban J connectivity index is 1.66. The van der Waals surface area contributed by atoms with E-state index in [2.05, 4.69) is 22.3 Å². The van der Waals surface area contributed by atoms with Gasteiger partial charge in [-0.1, -0.05) is 48.3 Å². The summed E-state index contributed by atoms with van der Waals surface area (Å²) < 4.78 is 5.32. The predicted octanol–water partition coefficient (Wildman–Crippen LogP) is 2.47. The Bertz CT molecular complexity index is 529. The second-order valence-electron chi connectivity index (χ2n) is 5.51. The summed E-state index contributed by atoms with van der Waals surface area (Å²) in [5.74, 6) is 1.41. The fourth-order valence-corrected chi connectivity index (χ4v) is 2.77. The van der Waals surface area contributed by atoms with E-state index < -0.39 is 0 Å². The number of rotatable bonds is 4. The van der Waals surface area contributed by atoms with E-state index in [1.165, 1.54) is 18.4 Å². The lowest BCUT2D eigenvalue weighted by Gasteiger charge is -2.20. The Morgan fingerprint density at radius 3 is 2.63 bits per heavy atom. The highest BCUT2D eigenvalue weighted by molar-refractivity contribution is 5.18. The molecule has 100 valence electrons. The molecule has 1 aliphatic rings. The van der Waals surface area contributed by atoms with E-state index in [0.717, 1.165) is 18.7 Å². The number of hydrogen-bond acceptors (Lipinski definition) is 4. The van der Waals surface area contributed by atoms with Gasteiger partial charge in [0.15, 0.2) is 5.82 Å². The molecular weight excluding hydrogens is 238 g/mol. The van der Waals surface area contributed by atoms with E-state index in [1.807, 2.05) is 18.2 Å². The molecule has 1 aromatic carbocycles. The molecule has 0 bridgehead atoms. The SMILES string of the molecule is NC1(Cc2nc(Cc3ccccc3)no2)CCCC1. The van der Waals surface area contributed by atoms with Gasteiger partial charge in [-0.2, -0.15) is 4.98 Å². The molecule has 4 nitrogen and oxygen atoms in total. The van der Waals surface area contributed by atoms with Gasteiger partial charge in [0.2, 0.25) is 5.89 Å². The first kappa shape index (κ1) is 12.4. The van der Waals surface area contributed by atoms with Gasteiger partial charge in [0.1, 0.15) is 0 Å². The standard InChI is InChI=1S/C15H19N3O/c16-15(8-4-5-9-15)11-14-17-13(18-19-14)10-12-6-2-1-3-7-12/h1-3,6-7H,4-5,8-11,16H2. The molecule has 0 radical (unpaired) electrons. The van der Waals surface area contributed by atoms with Crippen LogP contribution in [0.3, 0.4) is 0 Å². The lowest BCUT2D eigenvalue weighted by molar-refractivity contribution is 0.327. The quantitative estimate of drug-likeness (QED) is 0.913. The van der Waals surface area contributed by atoms with Crippen LogP contribution in [0.4, 0.5) is 0 Å². The van der Waals surface area contributed by atoms with Crippen molar-refractivity contribution in [2.24, 2.45) is 5.73 Å². The molecule has 1 aromatic heterocycles. The van der Waals surface area contributed by atoms with Gasteiger partial charge in [0, 0.05) is 18.4 Å². The molecule has 0 aliphatic heterocycles. The number of aromatic nitrogens is 2. The van der Waals surface area contributed by atoms with Gasteiger partial charge < -0.3 is 10.3 Å². The molecule has 3 rings (SSSR count). The molecule has 1 heterocycles. The maximum atomic E-state index is 6.33. The van der Waals surface area contributed by atoms with E-state index in [1.54, 1.807) is 0 Å². The summed E-state index contributed by atoms with van der Waals surface area (Å²) in [5.41, 5.74) is 7.39. The smallest absolute Gasteiger partial charge is 0.228 e. The van der Waals surface area contributed by atoms with E-state index in [-0.39, 0.29) is 5.54 Å². The minimum absolute atomic E-state index is 0.128. The zero-order chi connectivity index (χ0) is 13.1. The van der Waals surface area contributed by atoms with Gasteiger partial charge in [0.25, 0.3) is 0 Å². The van der Waals surface area contributed by atoms with Gasteiger partial charge in [-0.05, 0) is 18.4 Å². The van der Waals surface area contributed by atoms with Crippen molar-refractivity contribution in [3.8, 4) is 0 Å². The van der Waals surface area contributed by atoms with Crippen LogP contribution in [0, 0.1) is 0 Å². The summed E-state index contributed by atoms with van der Waals surface area (Å²) >= 11 is 0. The number of benzene rings is 1. The molecule has 1 aliphatic carbocycles. The molecule has 0 unspecified atom stereocenters. The molecule has 1 fully saturated rings. The molecule has 2 aromatic rings. The maximum absolute atomic E-state index is 6.33. The molecule has 2 N–H and O–H groups in total. The van der Waals surface area contributed by atoms with Crippen molar-refractivity contribution in [1.29, 1.82) is 0 Å². The molecular formula is C15H19N3O. The first-order valence-electron chi connectivity index (χ1n) is 6.88. The molecule has 0 atom stereocenters. The fraction of sp³-hybridized carbons (Fsp3) is 0.467. The van der Waals surface area contributed by atoms with Crippen molar-refractivity contribution in [2.75, 3.05) is 0 Å². The Morgan fingerprint density at radius 1 is 1.16 bits per heavy atom. The Labute approximate surface area is 113 Å². The van der Waals surface area contributed by atoms with Crippen LogP contribution in [0.15, 0.2) is 34.9 Å². The third kappa shape index (κ3) is 3.01. The zero-order valence-corrected chi connectivity index (χ0v) is 11.0. The predicted molar refractivity (Wildman–Crippen MR) is 72.6 cm³/mol. The first-order chi connectivity index (χ1) is 9.23. The lowest BCUT2D eigenvalue weighted by atomic mass is 9.95. The largest absolute Gasteiger partial charge is 0.339 e. The third-order valence-electron chi connectivity index (χ3n) is 3.82. The summed E-state index contributed by atoms with van der Waals surface area (Å²) in [6.45, 7) is 0. The summed E-state index contributed by atoms with van der Waals surface area (Å²) in [7, 11) is 0. The van der Waals surface area contributed by atoms with E-state index >= 15 is 0 Å². The van der Waals surface area contributed by atoms with Crippen LogP contribution in [-0.2, 0) is 12.8 Å². The van der Waals surface area contributed by atoms with Crippen molar-refractivity contribution in [3.05, 3.63) is 47.6 Å². The van der Waals surface area contributed by atoms with Crippen molar-refractivity contribution >= 4 is 0 Å². The highest BCUT2D eigenvalue weighted by Crippen LogP contribution is 2.29. The lowest BCUT2D eigenvalue weighted by Crippen LogP contribution is -2.38. The average Bonchev–Trinajstić information content (AvgIpc) is 3.01. The number of nitrogens with zero attached hydrogens (tertiary/aromatic N) is 2. The highest BCUT2D eigenvalue weighted by atomic mass is 16.5. The topological polar surface area (TPSA) is 64.9 Å². The normalized spacial score (nSPS) is 17.7. The number of nitrogens with two attached hydrogens (primary N) is 1. The summed E-state index contributed by atoms with van der Waals surface area (Å²) in [6, 6.07) is 10.2. The molecule has 0 amide bonds. The van der Waals surface area contributed by atoms with Crippen molar-refractivity contribution in [2.45, 2.75) is 44.1 Å². The maximum Gasteiger partial charge on any atom is 0.228 e. The van der Waals surface area contributed by atoms with Gasteiger partial charge in [-0.15, -0.1) is 0 Å². The summed E-state index contributed by atoms with van der Waals surface area (Å²) in [4.78, 5) is 4.46. The zero-order valence-electron chi connectivity index (χ0n) is 11.0. The first-order valence-corrected chi connectivity index (χ1v) is 6.88. The minimum atomic E-state index is -0.128. The average molecular weight is 257 g/mol. The molecule has 0 saturated heterocycles. The Morgan fingerprint density at radius 2 is 1.89 bits per heavy atom. The molecule has 4 heteroatoms. The third-order valence-corrected chi connectivity index (χ3v) is 3.82. The Hall–Kier alpha value is -1.68. The summed E-state index contributed by atoms with van der Waals surface area (Å²) in [6.07, 6.45) is 5.95. The highest BCUT2D eigenvalue weighted by Gasteiger charge is 2.31. The van der Waals surface area contributed by atoms with Crippen LogP contribution in [0.1, 0.15) is 43.0 Å². The van der Waals surface area contributed by atoms with Gasteiger partial charge >= 0.3 is 0 Å². The van der Waals surface area contributed by atoms with Crippen LogP contribution >= 0.6 is 0 Å². The second-order valence-corrected chi connectivity index (χ2v) is 5.51. The van der Waals surface area contributed by atoms with Gasteiger partial charge in [0.05, 0.1) is 0 Å². The summed E-state index contributed by atoms with van der Waals surface area (Å²) in [5, 5.41) is 4.04. The van der Waals surface area contributed by atoms with Crippen LogP contribution in [0.2, 0.25) is 0 Å². The Kier molecular flexibility index (Phi) is 3.34. The molecule has 0 spiro atoms. The minimum Gasteiger partial charge on any atom is -0.339 e. The fourth-order valence-electron chi connectivity index (χ4n) is 2.77. The van der Waals surface area contributed by atoms with Crippen LogP contribution in [-0.4, -0.2) is 15.7 Å². The molecule has 19 heavy (non-hydrogen) atoms. The van der Waals surface area contributed by atoms with Gasteiger partial charge in [-0.25, -0.2) is 0 Å². The van der Waals surface area contributed by atoms with Crippen LogP contribution in [0.25, 0.3) is 0 Å². The van der Waals surface area contributed by atoms with E-state index in [0.29, 0.717) is 18.7 Å². The van der Waals surface area contributed by atoms with E-state index in [9.17, 15) is 0 Å². The van der Waals surface area contributed by atoms with Gasteiger partial charge in [-0.3, -0.25) is 0 Å². The van der Waals surface area contributed by atoms with Crippen molar-refractivity contribution in [1.82, 2.24) is 10.1 Å². The van der Waals surface area contributed by atoms with Crippen molar-refractivity contribution in [3.63, 3.8) is 0 Å². The monoisotopic (exact) mass is 257 g/mol. The van der Waals surface area contributed by atoms with E-state index in [4.69, 9.17) is 10.3 Å². The van der Waals surface area contributed by atoms with Crippen LogP contribution in [0.5, 0.6) is 0 Å². The number of hydrogen-bond donors (Lipinski definition) is 1. The van der Waals surface area contributed by atoms with Crippen molar-refractivity contribution < 1.29 is 4.52 Å². The second kappa shape index (κ2) is 5.13.